The van der Waals surface area contributed by atoms with Gasteiger partial charge in [0.25, 0.3) is 0 Å². The highest BCUT2D eigenvalue weighted by atomic mass is 19.4. The molecule has 0 bridgehead atoms. The lowest BCUT2D eigenvalue weighted by Gasteiger charge is -2.19. The standard InChI is InChI=1S/C13H17F4NO/c1-3-18-12(7-19-8-13(15,16)17)10-4-5-11(14)9(2)6-10/h4-6,12,18H,3,7-8H2,1-2H3. The second-order valence-corrected chi connectivity index (χ2v) is 4.25. The minimum Gasteiger partial charge on any atom is -0.370 e. The van der Waals surface area contributed by atoms with Crippen molar-refractivity contribution < 1.29 is 22.3 Å². The summed E-state index contributed by atoms with van der Waals surface area (Å²) in [6.45, 7) is 2.63. The molecule has 0 aliphatic carbocycles. The van der Waals surface area contributed by atoms with Crippen LogP contribution in [0.4, 0.5) is 17.6 Å². The summed E-state index contributed by atoms with van der Waals surface area (Å²) in [5.74, 6) is -0.338. The van der Waals surface area contributed by atoms with Gasteiger partial charge in [0.15, 0.2) is 0 Å². The molecule has 0 aliphatic heterocycles. The largest absolute Gasteiger partial charge is 0.411 e. The molecule has 6 heteroatoms. The molecule has 108 valence electrons. The number of rotatable bonds is 6. The highest BCUT2D eigenvalue weighted by Crippen LogP contribution is 2.19. The van der Waals surface area contributed by atoms with Crippen LogP contribution in [0.25, 0.3) is 0 Å². The van der Waals surface area contributed by atoms with E-state index in [-0.39, 0.29) is 18.5 Å². The van der Waals surface area contributed by atoms with E-state index in [0.29, 0.717) is 17.7 Å². The average molecular weight is 279 g/mol. The van der Waals surface area contributed by atoms with Gasteiger partial charge in [-0.15, -0.1) is 0 Å². The van der Waals surface area contributed by atoms with Crippen LogP contribution in [-0.4, -0.2) is 25.9 Å². The molecule has 0 spiro atoms. The van der Waals surface area contributed by atoms with Gasteiger partial charge in [0.1, 0.15) is 12.4 Å². The van der Waals surface area contributed by atoms with E-state index in [0.717, 1.165) is 0 Å². The summed E-state index contributed by atoms with van der Waals surface area (Å²) >= 11 is 0. The number of nitrogens with one attached hydrogen (secondary N) is 1. The van der Waals surface area contributed by atoms with E-state index in [1.54, 1.807) is 19.1 Å². The Morgan fingerprint density at radius 2 is 2.00 bits per heavy atom. The fraction of sp³-hybridized carbons (Fsp3) is 0.538. The van der Waals surface area contributed by atoms with Crippen molar-refractivity contribution in [3.8, 4) is 0 Å². The molecule has 19 heavy (non-hydrogen) atoms. The molecule has 1 aromatic carbocycles. The van der Waals surface area contributed by atoms with Crippen molar-refractivity contribution in [1.82, 2.24) is 5.32 Å². The highest BCUT2D eigenvalue weighted by molar-refractivity contribution is 5.26. The van der Waals surface area contributed by atoms with Crippen molar-refractivity contribution in [3.05, 3.63) is 35.1 Å². The van der Waals surface area contributed by atoms with Crippen LogP contribution in [0.5, 0.6) is 0 Å². The van der Waals surface area contributed by atoms with Crippen LogP contribution in [0.2, 0.25) is 0 Å². The maximum absolute atomic E-state index is 13.2. The van der Waals surface area contributed by atoms with Gasteiger partial charge < -0.3 is 10.1 Å². The molecule has 0 radical (unpaired) electrons. The summed E-state index contributed by atoms with van der Waals surface area (Å²) in [5.41, 5.74) is 1.17. The molecule has 1 unspecified atom stereocenters. The second-order valence-electron chi connectivity index (χ2n) is 4.25. The maximum atomic E-state index is 13.2. The number of hydrogen-bond donors (Lipinski definition) is 1. The summed E-state index contributed by atoms with van der Waals surface area (Å²) in [6.07, 6.45) is -4.34. The van der Waals surface area contributed by atoms with Crippen molar-refractivity contribution in [3.63, 3.8) is 0 Å². The van der Waals surface area contributed by atoms with E-state index in [1.165, 1.54) is 6.07 Å². The van der Waals surface area contributed by atoms with Crippen molar-refractivity contribution >= 4 is 0 Å². The Morgan fingerprint density at radius 1 is 1.32 bits per heavy atom. The van der Waals surface area contributed by atoms with E-state index < -0.39 is 12.8 Å². The predicted molar refractivity (Wildman–Crippen MR) is 64.4 cm³/mol. The van der Waals surface area contributed by atoms with Gasteiger partial charge in [0.05, 0.1) is 12.6 Å². The average Bonchev–Trinajstić information content (AvgIpc) is 2.30. The summed E-state index contributed by atoms with van der Waals surface area (Å²) in [6, 6.07) is 4.08. The molecule has 1 aromatic rings. The zero-order valence-electron chi connectivity index (χ0n) is 10.9. The third-order valence-corrected chi connectivity index (χ3v) is 2.59. The topological polar surface area (TPSA) is 21.3 Å². The van der Waals surface area contributed by atoms with Gasteiger partial charge in [-0.3, -0.25) is 0 Å². The van der Waals surface area contributed by atoms with Crippen molar-refractivity contribution in [2.45, 2.75) is 26.1 Å². The van der Waals surface area contributed by atoms with E-state index in [2.05, 4.69) is 10.1 Å². The monoisotopic (exact) mass is 279 g/mol. The van der Waals surface area contributed by atoms with Gasteiger partial charge in [0, 0.05) is 0 Å². The first kappa shape index (κ1) is 15.9. The second kappa shape index (κ2) is 6.86. The van der Waals surface area contributed by atoms with Crippen LogP contribution >= 0.6 is 0 Å². The molecule has 2 nitrogen and oxygen atoms in total. The molecule has 0 fully saturated rings. The van der Waals surface area contributed by atoms with Crippen molar-refractivity contribution in [1.29, 1.82) is 0 Å². The lowest BCUT2D eigenvalue weighted by atomic mass is 10.0. The molecule has 0 heterocycles. The zero-order valence-corrected chi connectivity index (χ0v) is 10.9. The predicted octanol–water partition coefficient (Wildman–Crippen LogP) is 3.36. The Hall–Kier alpha value is -1.14. The molecule has 0 saturated carbocycles. The van der Waals surface area contributed by atoms with Crippen LogP contribution in [0.15, 0.2) is 18.2 Å². The van der Waals surface area contributed by atoms with Gasteiger partial charge in [-0.2, -0.15) is 13.2 Å². The number of benzene rings is 1. The van der Waals surface area contributed by atoms with Gasteiger partial charge in [-0.25, -0.2) is 4.39 Å². The first-order valence-electron chi connectivity index (χ1n) is 5.97. The minimum atomic E-state index is -4.34. The van der Waals surface area contributed by atoms with Gasteiger partial charge >= 0.3 is 6.18 Å². The number of halogens is 4. The fourth-order valence-electron chi connectivity index (χ4n) is 1.70. The number of alkyl halides is 3. The molecule has 0 aliphatic rings. The Morgan fingerprint density at radius 3 is 2.53 bits per heavy atom. The number of hydrogen-bond acceptors (Lipinski definition) is 2. The third-order valence-electron chi connectivity index (χ3n) is 2.59. The summed E-state index contributed by atoms with van der Waals surface area (Å²) in [7, 11) is 0. The van der Waals surface area contributed by atoms with Crippen LogP contribution in [-0.2, 0) is 4.74 Å². The molecular formula is C13H17F4NO. The Balaban J connectivity index is 2.68. The molecule has 1 rings (SSSR count). The summed E-state index contributed by atoms with van der Waals surface area (Å²) in [5, 5.41) is 3.02. The van der Waals surface area contributed by atoms with Gasteiger partial charge in [-0.1, -0.05) is 19.1 Å². The van der Waals surface area contributed by atoms with Crippen LogP contribution in [0, 0.1) is 12.7 Å². The van der Waals surface area contributed by atoms with Crippen LogP contribution in [0.3, 0.4) is 0 Å². The van der Waals surface area contributed by atoms with E-state index in [9.17, 15) is 17.6 Å². The molecule has 0 amide bonds. The number of aryl methyl sites for hydroxylation is 1. The lowest BCUT2D eigenvalue weighted by Crippen LogP contribution is -2.28. The Bertz CT molecular complexity index is 406. The Kier molecular flexibility index (Phi) is 5.75. The quantitative estimate of drug-likeness (QED) is 0.806. The fourth-order valence-corrected chi connectivity index (χ4v) is 1.70. The van der Waals surface area contributed by atoms with E-state index in [4.69, 9.17) is 0 Å². The van der Waals surface area contributed by atoms with E-state index in [1.807, 2.05) is 6.92 Å². The molecule has 0 aromatic heterocycles. The summed E-state index contributed by atoms with van der Waals surface area (Å²) < 4.78 is 53.9. The summed E-state index contributed by atoms with van der Waals surface area (Å²) in [4.78, 5) is 0. The van der Waals surface area contributed by atoms with Gasteiger partial charge in [0.2, 0.25) is 0 Å². The van der Waals surface area contributed by atoms with Crippen LogP contribution < -0.4 is 5.32 Å². The van der Waals surface area contributed by atoms with Crippen LogP contribution in [0.1, 0.15) is 24.1 Å². The molecule has 0 saturated heterocycles. The molecule has 1 N–H and O–H groups in total. The third kappa shape index (κ3) is 5.57. The van der Waals surface area contributed by atoms with Crippen molar-refractivity contribution in [2.24, 2.45) is 0 Å². The first-order valence-corrected chi connectivity index (χ1v) is 5.97. The Labute approximate surface area is 109 Å². The zero-order chi connectivity index (χ0) is 14.5. The minimum absolute atomic E-state index is 0.113. The lowest BCUT2D eigenvalue weighted by molar-refractivity contribution is -0.175. The SMILES string of the molecule is CCNC(COCC(F)(F)F)c1ccc(F)c(C)c1. The maximum Gasteiger partial charge on any atom is 0.411 e. The van der Waals surface area contributed by atoms with Gasteiger partial charge in [-0.05, 0) is 30.7 Å². The normalized spacial score (nSPS) is 13.6. The highest BCUT2D eigenvalue weighted by Gasteiger charge is 2.28. The number of ether oxygens (including phenoxy) is 1. The van der Waals surface area contributed by atoms with E-state index >= 15 is 0 Å². The smallest absolute Gasteiger partial charge is 0.370 e. The van der Waals surface area contributed by atoms with Crippen molar-refractivity contribution in [2.75, 3.05) is 19.8 Å². The first-order chi connectivity index (χ1) is 8.83. The molecular weight excluding hydrogens is 262 g/mol. The molecule has 1 atom stereocenters. The number of likely N-dealkylation sites (N-methyl/N-ethyl adjacent to an activating group) is 1.